The topological polar surface area (TPSA) is 77.2 Å². The number of amides is 1. The third-order valence-corrected chi connectivity index (χ3v) is 4.79. The molecule has 1 aromatic heterocycles. The van der Waals surface area contributed by atoms with Gasteiger partial charge in [0.05, 0.1) is 12.7 Å². The summed E-state index contributed by atoms with van der Waals surface area (Å²) in [5, 5.41) is 11.9. The van der Waals surface area contributed by atoms with Gasteiger partial charge in [0.2, 0.25) is 11.8 Å². The molecule has 0 aliphatic rings. The Morgan fingerprint density at radius 2 is 1.67 bits per heavy atom. The van der Waals surface area contributed by atoms with Gasteiger partial charge in [-0.1, -0.05) is 54.1 Å². The zero-order chi connectivity index (χ0) is 20.9. The largest absolute Gasteiger partial charge is 0.496 e. The molecule has 0 aliphatic carbocycles. The van der Waals surface area contributed by atoms with Crippen molar-refractivity contribution in [3.05, 3.63) is 101 Å². The molecule has 0 radical (unpaired) electrons. The highest BCUT2D eigenvalue weighted by molar-refractivity contribution is 6.30. The monoisotopic (exact) mass is 419 g/mol. The van der Waals surface area contributed by atoms with E-state index >= 15 is 0 Å². The summed E-state index contributed by atoms with van der Waals surface area (Å²) >= 11 is 6.03. The number of rotatable bonds is 6. The van der Waals surface area contributed by atoms with Gasteiger partial charge in [-0.3, -0.25) is 4.79 Å². The molecule has 6 nitrogen and oxygen atoms in total. The van der Waals surface area contributed by atoms with Gasteiger partial charge in [0.15, 0.2) is 0 Å². The predicted octanol–water partition coefficient (Wildman–Crippen LogP) is 4.92. The van der Waals surface area contributed by atoms with Crippen LogP contribution in [-0.4, -0.2) is 23.2 Å². The Labute approximate surface area is 178 Å². The van der Waals surface area contributed by atoms with Crippen molar-refractivity contribution in [2.24, 2.45) is 0 Å². The maximum absolute atomic E-state index is 13.0. The second-order valence-corrected chi connectivity index (χ2v) is 6.91. The van der Waals surface area contributed by atoms with E-state index < -0.39 is 6.04 Å². The van der Waals surface area contributed by atoms with E-state index in [4.69, 9.17) is 20.8 Å². The highest BCUT2D eigenvalue weighted by atomic mass is 35.5. The minimum absolute atomic E-state index is 0.263. The lowest BCUT2D eigenvalue weighted by atomic mass is 10.1. The average Bonchev–Trinajstić information content (AvgIpc) is 3.28. The van der Waals surface area contributed by atoms with Crippen molar-refractivity contribution in [3.8, 4) is 17.2 Å². The van der Waals surface area contributed by atoms with E-state index in [9.17, 15) is 4.79 Å². The second-order valence-electron chi connectivity index (χ2n) is 6.47. The van der Waals surface area contributed by atoms with E-state index in [2.05, 4.69) is 15.5 Å². The van der Waals surface area contributed by atoms with Gasteiger partial charge in [0.25, 0.3) is 5.91 Å². The maximum Gasteiger partial charge on any atom is 0.255 e. The van der Waals surface area contributed by atoms with E-state index in [1.807, 2.05) is 42.5 Å². The molecule has 1 amide bonds. The zero-order valence-electron chi connectivity index (χ0n) is 16.1. The molecule has 1 unspecified atom stereocenters. The first-order chi connectivity index (χ1) is 14.7. The summed E-state index contributed by atoms with van der Waals surface area (Å²) in [7, 11) is 1.52. The molecule has 3 aromatic carbocycles. The molecular formula is C23H18ClN3O3. The van der Waals surface area contributed by atoms with Gasteiger partial charge in [0, 0.05) is 10.6 Å². The Balaban J connectivity index is 1.70. The van der Waals surface area contributed by atoms with E-state index in [1.165, 1.54) is 7.11 Å². The number of para-hydroxylation sites is 1. The number of hydrogen-bond donors (Lipinski definition) is 1. The molecule has 150 valence electrons. The smallest absolute Gasteiger partial charge is 0.255 e. The van der Waals surface area contributed by atoms with Crippen LogP contribution in [-0.2, 0) is 0 Å². The number of halogens is 1. The predicted molar refractivity (Wildman–Crippen MR) is 113 cm³/mol. The summed E-state index contributed by atoms with van der Waals surface area (Å²) in [5.41, 5.74) is 1.95. The Hall–Kier alpha value is -3.64. The van der Waals surface area contributed by atoms with Crippen molar-refractivity contribution < 1.29 is 13.9 Å². The summed E-state index contributed by atoms with van der Waals surface area (Å²) < 4.78 is 11.2. The summed E-state index contributed by atoms with van der Waals surface area (Å²) in [6.07, 6.45) is 0. The molecule has 7 heteroatoms. The third-order valence-electron chi connectivity index (χ3n) is 4.54. The fourth-order valence-electron chi connectivity index (χ4n) is 3.03. The number of carbonyl (C=O) groups excluding carboxylic acids is 1. The molecule has 1 N–H and O–H groups in total. The van der Waals surface area contributed by atoms with E-state index in [1.54, 1.807) is 36.4 Å². The maximum atomic E-state index is 13.0. The van der Waals surface area contributed by atoms with E-state index in [0.29, 0.717) is 22.2 Å². The van der Waals surface area contributed by atoms with Gasteiger partial charge in [-0.05, 0) is 42.0 Å². The highest BCUT2D eigenvalue weighted by Crippen LogP contribution is 2.27. The Bertz CT molecular complexity index is 1140. The molecule has 0 fully saturated rings. The number of hydrogen-bond acceptors (Lipinski definition) is 5. The fourth-order valence-corrected chi connectivity index (χ4v) is 3.16. The number of nitrogens with zero attached hydrogens (tertiary/aromatic N) is 2. The molecular weight excluding hydrogens is 402 g/mol. The SMILES string of the molecule is COc1ccccc1C(=O)NC(c1ccc(Cl)cc1)c1nnc(-c2ccccc2)o1. The number of carbonyl (C=O) groups is 1. The van der Waals surface area contributed by atoms with Crippen LogP contribution in [0.5, 0.6) is 5.75 Å². The quantitative estimate of drug-likeness (QED) is 0.480. The van der Waals surface area contributed by atoms with Crippen LogP contribution in [0.3, 0.4) is 0 Å². The van der Waals surface area contributed by atoms with Crippen LogP contribution in [0.4, 0.5) is 0 Å². The lowest BCUT2D eigenvalue weighted by Crippen LogP contribution is -2.30. The Morgan fingerprint density at radius 3 is 2.40 bits per heavy atom. The van der Waals surface area contributed by atoms with Crippen LogP contribution in [0.2, 0.25) is 5.02 Å². The first-order valence-corrected chi connectivity index (χ1v) is 9.61. The van der Waals surface area contributed by atoms with Gasteiger partial charge in [-0.25, -0.2) is 0 Å². The number of benzene rings is 3. The van der Waals surface area contributed by atoms with Gasteiger partial charge < -0.3 is 14.5 Å². The van der Waals surface area contributed by atoms with Crippen molar-refractivity contribution in [1.29, 1.82) is 0 Å². The minimum atomic E-state index is -0.662. The molecule has 4 aromatic rings. The van der Waals surface area contributed by atoms with Crippen molar-refractivity contribution in [2.45, 2.75) is 6.04 Å². The second kappa shape index (κ2) is 8.80. The van der Waals surface area contributed by atoms with Crippen LogP contribution in [0, 0.1) is 0 Å². The summed E-state index contributed by atoms with van der Waals surface area (Å²) in [6, 6.07) is 22.9. The molecule has 30 heavy (non-hydrogen) atoms. The Morgan fingerprint density at radius 1 is 0.967 bits per heavy atom. The molecule has 0 aliphatic heterocycles. The molecule has 4 rings (SSSR count). The molecule has 1 heterocycles. The van der Waals surface area contributed by atoms with E-state index in [-0.39, 0.29) is 11.8 Å². The van der Waals surface area contributed by atoms with Crippen LogP contribution in [0.15, 0.2) is 83.3 Å². The van der Waals surface area contributed by atoms with Crippen LogP contribution in [0.25, 0.3) is 11.5 Å². The lowest BCUT2D eigenvalue weighted by Gasteiger charge is -2.17. The van der Waals surface area contributed by atoms with Crippen LogP contribution in [0.1, 0.15) is 27.9 Å². The normalized spacial score (nSPS) is 11.7. The standard InChI is InChI=1S/C23H18ClN3O3/c1-29-19-10-6-5-9-18(19)21(28)25-20(15-11-13-17(24)14-12-15)23-27-26-22(30-23)16-7-3-2-4-8-16/h2-14,20H,1H3,(H,25,28). The number of nitrogens with one attached hydrogen (secondary N) is 1. The highest BCUT2D eigenvalue weighted by Gasteiger charge is 2.25. The summed E-state index contributed by atoms with van der Waals surface area (Å²) in [5.74, 6) is 0.780. The average molecular weight is 420 g/mol. The molecule has 0 spiro atoms. The van der Waals surface area contributed by atoms with Crippen molar-refractivity contribution in [2.75, 3.05) is 7.11 Å². The van der Waals surface area contributed by atoms with Gasteiger partial charge >= 0.3 is 0 Å². The molecule has 0 bridgehead atoms. The third kappa shape index (κ3) is 4.18. The first kappa shape index (κ1) is 19.7. The van der Waals surface area contributed by atoms with Gasteiger partial charge in [-0.15, -0.1) is 10.2 Å². The number of ether oxygens (including phenoxy) is 1. The minimum Gasteiger partial charge on any atom is -0.496 e. The summed E-state index contributed by atoms with van der Waals surface area (Å²) in [6.45, 7) is 0. The van der Waals surface area contributed by atoms with E-state index in [0.717, 1.165) is 11.1 Å². The number of aromatic nitrogens is 2. The van der Waals surface area contributed by atoms with Gasteiger partial charge in [0.1, 0.15) is 11.8 Å². The van der Waals surface area contributed by atoms with Crippen LogP contribution >= 0.6 is 11.6 Å². The fraction of sp³-hybridized carbons (Fsp3) is 0.0870. The first-order valence-electron chi connectivity index (χ1n) is 9.24. The van der Waals surface area contributed by atoms with Crippen molar-refractivity contribution in [1.82, 2.24) is 15.5 Å². The van der Waals surface area contributed by atoms with Crippen molar-refractivity contribution in [3.63, 3.8) is 0 Å². The molecule has 1 atom stereocenters. The summed E-state index contributed by atoms with van der Waals surface area (Å²) in [4.78, 5) is 13.0. The number of methoxy groups -OCH3 is 1. The molecule has 0 saturated carbocycles. The molecule has 0 saturated heterocycles. The van der Waals surface area contributed by atoms with Crippen LogP contribution < -0.4 is 10.1 Å². The van der Waals surface area contributed by atoms with Gasteiger partial charge in [-0.2, -0.15) is 0 Å². The van der Waals surface area contributed by atoms with Crippen molar-refractivity contribution >= 4 is 17.5 Å². The lowest BCUT2D eigenvalue weighted by molar-refractivity contribution is 0.0935. The Kier molecular flexibility index (Phi) is 5.77. The zero-order valence-corrected chi connectivity index (χ0v) is 16.8.